The molecule has 0 bridgehead atoms. The van der Waals surface area contributed by atoms with Crippen molar-refractivity contribution in [1.82, 2.24) is 20.2 Å². The van der Waals surface area contributed by atoms with Crippen LogP contribution in [0.3, 0.4) is 0 Å². The minimum absolute atomic E-state index is 0.0148. The first-order valence-electron chi connectivity index (χ1n) is 9.86. The molecule has 3 aromatic heterocycles. The van der Waals surface area contributed by atoms with Crippen LogP contribution in [0.5, 0.6) is 0 Å². The molecule has 1 fully saturated rings. The van der Waals surface area contributed by atoms with E-state index < -0.39 is 17.6 Å². The zero-order chi connectivity index (χ0) is 22.2. The number of pyridine rings is 2. The van der Waals surface area contributed by atoms with Crippen LogP contribution in [0.4, 0.5) is 19.0 Å². The number of carbonyl (C=O) groups excluding carboxylic acids is 1. The largest absolute Gasteiger partial charge is 0.417 e. The first kappa shape index (κ1) is 21.5. The van der Waals surface area contributed by atoms with Crippen LogP contribution in [-0.2, 0) is 12.7 Å². The van der Waals surface area contributed by atoms with Crippen LogP contribution in [0, 0.1) is 6.92 Å². The van der Waals surface area contributed by atoms with Crippen molar-refractivity contribution in [2.24, 2.45) is 0 Å². The molecule has 1 aliphatic heterocycles. The summed E-state index contributed by atoms with van der Waals surface area (Å²) in [6.07, 6.45) is -2.75. The van der Waals surface area contributed by atoms with Crippen molar-refractivity contribution in [1.29, 1.82) is 0 Å². The van der Waals surface area contributed by atoms with Gasteiger partial charge in [-0.05, 0) is 30.7 Å². The van der Waals surface area contributed by atoms with Crippen molar-refractivity contribution < 1.29 is 18.0 Å². The number of amides is 1. The average molecular weight is 450 g/mol. The minimum atomic E-state index is -4.53. The van der Waals surface area contributed by atoms with E-state index in [1.54, 1.807) is 6.20 Å². The molecule has 3 aromatic rings. The number of rotatable bonds is 4. The van der Waals surface area contributed by atoms with Crippen molar-refractivity contribution in [2.45, 2.75) is 19.6 Å². The third-order valence-electron chi connectivity index (χ3n) is 5.34. The predicted octanol–water partition coefficient (Wildman–Crippen LogP) is 3.70. The van der Waals surface area contributed by atoms with Gasteiger partial charge in [-0.15, -0.1) is 11.3 Å². The number of hydrogen-bond donors (Lipinski definition) is 1. The van der Waals surface area contributed by atoms with Gasteiger partial charge in [0.25, 0.3) is 5.91 Å². The predicted molar refractivity (Wildman–Crippen MR) is 114 cm³/mol. The van der Waals surface area contributed by atoms with Gasteiger partial charge in [0.15, 0.2) is 0 Å². The number of thiophene rings is 1. The highest BCUT2D eigenvalue weighted by Crippen LogP contribution is 2.40. The molecule has 10 heteroatoms. The molecule has 0 unspecified atom stereocenters. The zero-order valence-corrected chi connectivity index (χ0v) is 18.0. The normalized spacial score (nSPS) is 15.5. The highest BCUT2D eigenvalue weighted by Gasteiger charge is 2.36. The maximum Gasteiger partial charge on any atom is 0.417 e. The summed E-state index contributed by atoms with van der Waals surface area (Å²) in [5.41, 5.74) is 1.63. The van der Waals surface area contributed by atoms with E-state index in [4.69, 9.17) is 0 Å². The van der Waals surface area contributed by atoms with Crippen molar-refractivity contribution in [3.63, 3.8) is 0 Å². The van der Waals surface area contributed by atoms with Gasteiger partial charge in [0.2, 0.25) is 0 Å². The van der Waals surface area contributed by atoms with Crippen LogP contribution in [-0.4, -0.2) is 54.0 Å². The van der Waals surface area contributed by atoms with E-state index in [0.717, 1.165) is 28.7 Å². The Balaban J connectivity index is 1.59. The van der Waals surface area contributed by atoms with E-state index in [2.05, 4.69) is 20.2 Å². The van der Waals surface area contributed by atoms with E-state index in [1.165, 1.54) is 12.4 Å². The lowest BCUT2D eigenvalue weighted by Crippen LogP contribution is -2.46. The molecular formula is C21H22F3N5OS. The summed E-state index contributed by atoms with van der Waals surface area (Å²) in [6, 6.07) is 5.08. The van der Waals surface area contributed by atoms with Gasteiger partial charge >= 0.3 is 6.18 Å². The molecule has 4 rings (SSSR count). The Bertz CT molecular complexity index is 1110. The molecule has 0 saturated carbocycles. The monoisotopic (exact) mass is 449 g/mol. The van der Waals surface area contributed by atoms with Crippen LogP contribution in [0.25, 0.3) is 10.2 Å². The number of piperazine rings is 1. The second-order valence-corrected chi connectivity index (χ2v) is 8.40. The van der Waals surface area contributed by atoms with Gasteiger partial charge in [-0.25, -0.2) is 4.98 Å². The Morgan fingerprint density at radius 1 is 1.23 bits per heavy atom. The number of nitrogens with one attached hydrogen (secondary N) is 1. The summed E-state index contributed by atoms with van der Waals surface area (Å²) in [7, 11) is 1.45. The fourth-order valence-electron chi connectivity index (χ4n) is 3.71. The highest BCUT2D eigenvalue weighted by atomic mass is 32.1. The number of alkyl halides is 3. The van der Waals surface area contributed by atoms with Crippen LogP contribution in [0.1, 0.15) is 27.2 Å². The molecule has 164 valence electrons. The Hall–Kier alpha value is -2.72. The van der Waals surface area contributed by atoms with Gasteiger partial charge < -0.3 is 10.2 Å². The second-order valence-electron chi connectivity index (χ2n) is 7.52. The highest BCUT2D eigenvalue weighted by molar-refractivity contribution is 7.17. The van der Waals surface area contributed by atoms with E-state index in [-0.39, 0.29) is 21.6 Å². The molecule has 6 nitrogen and oxygen atoms in total. The van der Waals surface area contributed by atoms with E-state index in [1.807, 2.05) is 24.0 Å². The van der Waals surface area contributed by atoms with Gasteiger partial charge in [0.1, 0.15) is 5.82 Å². The third-order valence-corrected chi connectivity index (χ3v) is 6.34. The van der Waals surface area contributed by atoms with Gasteiger partial charge in [-0.1, -0.05) is 0 Å². The number of anilines is 1. The molecule has 0 aliphatic carbocycles. The molecule has 1 saturated heterocycles. The molecular weight excluding hydrogens is 427 g/mol. The number of fused-ring (bicyclic) bond motifs is 1. The first-order valence-corrected chi connectivity index (χ1v) is 10.7. The van der Waals surface area contributed by atoms with Gasteiger partial charge in [0.05, 0.1) is 27.0 Å². The number of aromatic nitrogens is 2. The molecule has 0 aromatic carbocycles. The van der Waals surface area contributed by atoms with E-state index >= 15 is 0 Å². The maximum absolute atomic E-state index is 13.7. The Morgan fingerprint density at radius 3 is 2.61 bits per heavy atom. The molecule has 1 amide bonds. The van der Waals surface area contributed by atoms with Crippen LogP contribution in [0.15, 0.2) is 29.8 Å². The van der Waals surface area contributed by atoms with Crippen molar-refractivity contribution in [3.05, 3.63) is 52.2 Å². The minimum Gasteiger partial charge on any atom is -0.355 e. The SMILES string of the molecule is CNC(=O)c1csc2c(C(F)(F)F)cc(N3CCN(Cc4cc(C)ccn4)CC3)nc12. The summed E-state index contributed by atoms with van der Waals surface area (Å²) in [5.74, 6) is -0.198. The number of hydrogen-bond acceptors (Lipinski definition) is 6. The maximum atomic E-state index is 13.7. The molecule has 0 atom stereocenters. The number of nitrogens with zero attached hydrogens (tertiary/aromatic N) is 4. The van der Waals surface area contributed by atoms with Crippen molar-refractivity contribution in [3.8, 4) is 0 Å². The molecule has 4 heterocycles. The summed E-state index contributed by atoms with van der Waals surface area (Å²) in [6.45, 7) is 5.16. The summed E-state index contributed by atoms with van der Waals surface area (Å²) in [4.78, 5) is 25.0. The quantitative estimate of drug-likeness (QED) is 0.658. The Morgan fingerprint density at radius 2 is 1.97 bits per heavy atom. The van der Waals surface area contributed by atoms with Crippen LogP contribution < -0.4 is 10.2 Å². The Labute approximate surface area is 181 Å². The lowest BCUT2D eigenvalue weighted by molar-refractivity contribution is -0.136. The van der Waals surface area contributed by atoms with E-state index in [0.29, 0.717) is 32.7 Å². The number of aryl methyl sites for hydroxylation is 1. The molecule has 0 spiro atoms. The van der Waals surface area contributed by atoms with E-state index in [9.17, 15) is 18.0 Å². The lowest BCUT2D eigenvalue weighted by Gasteiger charge is -2.35. The topological polar surface area (TPSA) is 61.4 Å². The third kappa shape index (κ3) is 4.49. The molecule has 1 aliphatic rings. The summed E-state index contributed by atoms with van der Waals surface area (Å²) >= 11 is 0.892. The molecule has 31 heavy (non-hydrogen) atoms. The standard InChI is InChI=1S/C21H22F3N5OS/c1-13-3-4-26-14(9-13)11-28-5-7-29(8-6-28)17-10-16(21(22,23)24)19-18(27-17)15(12-31-19)20(30)25-2/h3-4,9-10,12H,5-8,11H2,1-2H3,(H,25,30). The fraction of sp³-hybridized carbons (Fsp3) is 0.381. The number of halogens is 3. The number of carbonyl (C=O) groups is 1. The van der Waals surface area contributed by atoms with Crippen molar-refractivity contribution in [2.75, 3.05) is 38.1 Å². The van der Waals surface area contributed by atoms with Crippen LogP contribution in [0.2, 0.25) is 0 Å². The van der Waals surface area contributed by atoms with Gasteiger partial charge in [-0.3, -0.25) is 14.7 Å². The first-order chi connectivity index (χ1) is 14.8. The van der Waals surface area contributed by atoms with Crippen molar-refractivity contribution >= 4 is 33.3 Å². The lowest BCUT2D eigenvalue weighted by atomic mass is 10.1. The summed E-state index contributed by atoms with van der Waals surface area (Å²) in [5, 5.41) is 3.90. The molecule has 1 N–H and O–H groups in total. The van der Waals surface area contributed by atoms with Gasteiger partial charge in [-0.2, -0.15) is 13.2 Å². The molecule has 0 radical (unpaired) electrons. The Kier molecular flexibility index (Phi) is 5.85. The smallest absolute Gasteiger partial charge is 0.355 e. The summed E-state index contributed by atoms with van der Waals surface area (Å²) < 4.78 is 41.2. The second kappa shape index (κ2) is 8.43. The van der Waals surface area contributed by atoms with Crippen LogP contribution >= 0.6 is 11.3 Å². The van der Waals surface area contributed by atoms with Gasteiger partial charge in [0, 0.05) is 51.3 Å². The zero-order valence-electron chi connectivity index (χ0n) is 17.2. The average Bonchev–Trinajstić information content (AvgIpc) is 3.16. The fourth-order valence-corrected chi connectivity index (χ4v) is 4.74.